The van der Waals surface area contributed by atoms with Crippen molar-refractivity contribution in [2.45, 2.75) is 51.6 Å². The predicted octanol–water partition coefficient (Wildman–Crippen LogP) is 1.85. The van der Waals surface area contributed by atoms with Crippen molar-refractivity contribution in [3.05, 3.63) is 11.3 Å². The largest absolute Gasteiger partial charge is 0.469 e. The van der Waals surface area contributed by atoms with Gasteiger partial charge in [0.25, 0.3) is 0 Å². The number of amides is 1. The number of aliphatic hydroxyl groups excluding tert-OH is 1. The third-order valence-electron chi connectivity index (χ3n) is 5.63. The molecule has 2 heterocycles. The number of aliphatic hydroxyl groups is 1. The third kappa shape index (κ3) is 2.35. The normalized spacial score (nSPS) is 34.5. The summed E-state index contributed by atoms with van der Waals surface area (Å²) >= 11 is 0. The molecule has 1 unspecified atom stereocenters. The highest BCUT2D eigenvalue weighted by molar-refractivity contribution is 5.83. The molecule has 0 aromatic heterocycles. The molecule has 0 radical (unpaired) electrons. The number of rotatable bonds is 3. The lowest BCUT2D eigenvalue weighted by Crippen LogP contribution is -2.42. The Morgan fingerprint density at radius 2 is 2.18 bits per heavy atom. The molecule has 0 aromatic carbocycles. The van der Waals surface area contributed by atoms with Gasteiger partial charge in [0.1, 0.15) is 0 Å². The topological polar surface area (TPSA) is 66.8 Å². The van der Waals surface area contributed by atoms with E-state index in [9.17, 15) is 14.7 Å². The molecule has 5 nitrogen and oxygen atoms in total. The highest BCUT2D eigenvalue weighted by Crippen LogP contribution is 2.50. The minimum absolute atomic E-state index is 0.0162. The Kier molecular flexibility index (Phi) is 4.26. The van der Waals surface area contributed by atoms with E-state index >= 15 is 0 Å². The van der Waals surface area contributed by atoms with E-state index in [0.717, 1.165) is 37.9 Å². The Bertz CT molecular complexity index is 513. The number of esters is 1. The predicted molar refractivity (Wildman–Crippen MR) is 80.6 cm³/mol. The van der Waals surface area contributed by atoms with E-state index in [1.54, 1.807) is 0 Å². The van der Waals surface area contributed by atoms with E-state index < -0.39 is 6.10 Å². The molecule has 0 bridgehead atoms. The van der Waals surface area contributed by atoms with Crippen molar-refractivity contribution in [2.75, 3.05) is 13.7 Å². The van der Waals surface area contributed by atoms with Gasteiger partial charge in [-0.25, -0.2) is 0 Å². The zero-order valence-electron chi connectivity index (χ0n) is 13.4. The maximum absolute atomic E-state index is 12.4. The first kappa shape index (κ1) is 15.5. The Labute approximate surface area is 131 Å². The van der Waals surface area contributed by atoms with Crippen LogP contribution in [0.2, 0.25) is 0 Å². The lowest BCUT2D eigenvalue weighted by atomic mass is 9.68. The molecule has 3 rings (SSSR count). The molecule has 1 fully saturated rings. The maximum atomic E-state index is 12.4. The van der Waals surface area contributed by atoms with Crippen LogP contribution in [0.4, 0.5) is 0 Å². The van der Waals surface area contributed by atoms with Gasteiger partial charge in [-0.2, -0.15) is 0 Å². The first-order valence-corrected chi connectivity index (χ1v) is 8.36. The van der Waals surface area contributed by atoms with E-state index in [2.05, 4.69) is 6.92 Å². The number of ether oxygens (including phenoxy) is 1. The first-order valence-electron chi connectivity index (χ1n) is 8.36. The molecule has 0 spiro atoms. The van der Waals surface area contributed by atoms with Gasteiger partial charge < -0.3 is 14.7 Å². The van der Waals surface area contributed by atoms with Crippen LogP contribution in [0.1, 0.15) is 45.4 Å². The van der Waals surface area contributed by atoms with Crippen LogP contribution in [0, 0.1) is 17.8 Å². The van der Waals surface area contributed by atoms with Crippen LogP contribution in [-0.4, -0.2) is 41.6 Å². The van der Waals surface area contributed by atoms with Crippen LogP contribution < -0.4 is 0 Å². The molecule has 1 aliphatic carbocycles. The average Bonchev–Trinajstić information content (AvgIpc) is 2.70. The highest BCUT2D eigenvalue weighted by Gasteiger charge is 2.50. The van der Waals surface area contributed by atoms with Crippen molar-refractivity contribution < 1.29 is 19.4 Å². The maximum Gasteiger partial charge on any atom is 0.305 e. The van der Waals surface area contributed by atoms with Crippen molar-refractivity contribution in [3.8, 4) is 0 Å². The highest BCUT2D eigenvalue weighted by atomic mass is 16.5. The number of hydrogen-bond donors (Lipinski definition) is 1. The van der Waals surface area contributed by atoms with E-state index in [-0.39, 0.29) is 36.1 Å². The monoisotopic (exact) mass is 307 g/mol. The molecule has 1 amide bonds. The van der Waals surface area contributed by atoms with Crippen LogP contribution in [0.15, 0.2) is 11.3 Å². The van der Waals surface area contributed by atoms with Crippen molar-refractivity contribution in [1.82, 2.24) is 4.90 Å². The second-order valence-electron chi connectivity index (χ2n) is 6.67. The molecular weight excluding hydrogens is 282 g/mol. The van der Waals surface area contributed by atoms with Crippen molar-refractivity contribution in [3.63, 3.8) is 0 Å². The molecule has 4 atom stereocenters. The van der Waals surface area contributed by atoms with Crippen LogP contribution in [-0.2, 0) is 14.3 Å². The summed E-state index contributed by atoms with van der Waals surface area (Å²) < 4.78 is 4.80. The second kappa shape index (κ2) is 6.03. The molecular formula is C17H25NO4. The average molecular weight is 307 g/mol. The van der Waals surface area contributed by atoms with Gasteiger partial charge in [-0.3, -0.25) is 9.59 Å². The van der Waals surface area contributed by atoms with Gasteiger partial charge in [0, 0.05) is 36.4 Å². The molecule has 1 N–H and O–H groups in total. The fourth-order valence-corrected chi connectivity index (χ4v) is 4.60. The van der Waals surface area contributed by atoms with Crippen molar-refractivity contribution in [2.24, 2.45) is 17.8 Å². The SMILES string of the molecule is CC[C@H]1C2=C3C(CC(=O)N3CCCC2)[C@@H](CC(=O)OC)[C@@H]1O. The number of nitrogens with zero attached hydrogens (tertiary/aromatic N) is 1. The molecule has 0 aromatic rings. The number of carbonyl (C=O) groups is 2. The number of carbonyl (C=O) groups excluding carboxylic acids is 2. The molecule has 3 aliphatic rings. The smallest absolute Gasteiger partial charge is 0.305 e. The summed E-state index contributed by atoms with van der Waals surface area (Å²) in [5, 5.41) is 10.8. The van der Waals surface area contributed by atoms with Gasteiger partial charge in [0.2, 0.25) is 5.91 Å². The fourth-order valence-electron chi connectivity index (χ4n) is 4.60. The summed E-state index contributed by atoms with van der Waals surface area (Å²) in [4.78, 5) is 26.1. The molecule has 5 heteroatoms. The molecule has 22 heavy (non-hydrogen) atoms. The summed E-state index contributed by atoms with van der Waals surface area (Å²) in [5.41, 5.74) is 2.40. The van der Waals surface area contributed by atoms with Gasteiger partial charge in [-0.1, -0.05) is 6.92 Å². The molecule has 2 aliphatic heterocycles. The minimum Gasteiger partial charge on any atom is -0.469 e. The number of hydrogen-bond acceptors (Lipinski definition) is 4. The van der Waals surface area contributed by atoms with Crippen LogP contribution in [0.3, 0.4) is 0 Å². The first-order chi connectivity index (χ1) is 10.6. The molecule has 122 valence electrons. The zero-order valence-corrected chi connectivity index (χ0v) is 13.4. The standard InChI is InChI=1S/C17H25NO4/c1-3-10-11-6-4-5-7-18-14(19)8-12(16(11)18)13(17(10)21)9-15(20)22-2/h10,12-13,17,21H,3-9H2,1-2H3/t10-,12?,13+,17+/m0/s1. The fraction of sp³-hybridized carbons (Fsp3) is 0.765. The summed E-state index contributed by atoms with van der Waals surface area (Å²) in [6.07, 6.45) is 3.95. The Balaban J connectivity index is 2.02. The minimum atomic E-state index is -0.557. The van der Waals surface area contributed by atoms with Gasteiger partial charge in [0.05, 0.1) is 19.6 Å². The van der Waals surface area contributed by atoms with Crippen LogP contribution in [0.25, 0.3) is 0 Å². The van der Waals surface area contributed by atoms with Gasteiger partial charge in [-0.05, 0) is 31.3 Å². The van der Waals surface area contributed by atoms with Crippen LogP contribution >= 0.6 is 0 Å². The van der Waals surface area contributed by atoms with Crippen molar-refractivity contribution >= 4 is 11.9 Å². The third-order valence-corrected chi connectivity index (χ3v) is 5.63. The van der Waals surface area contributed by atoms with E-state index in [0.29, 0.717) is 6.42 Å². The summed E-state index contributed by atoms with van der Waals surface area (Å²) in [7, 11) is 1.37. The summed E-state index contributed by atoms with van der Waals surface area (Å²) in [6, 6.07) is 0. The molecule has 1 saturated heterocycles. The van der Waals surface area contributed by atoms with Gasteiger partial charge >= 0.3 is 5.97 Å². The lowest BCUT2D eigenvalue weighted by Gasteiger charge is -2.41. The van der Waals surface area contributed by atoms with Crippen molar-refractivity contribution in [1.29, 1.82) is 0 Å². The second-order valence-corrected chi connectivity index (χ2v) is 6.67. The van der Waals surface area contributed by atoms with E-state index in [1.165, 1.54) is 12.7 Å². The summed E-state index contributed by atoms with van der Waals surface area (Å²) in [5.74, 6) is -0.311. The Morgan fingerprint density at radius 3 is 2.86 bits per heavy atom. The number of methoxy groups -OCH3 is 1. The Hall–Kier alpha value is -1.36. The van der Waals surface area contributed by atoms with Gasteiger partial charge in [-0.15, -0.1) is 0 Å². The van der Waals surface area contributed by atoms with Gasteiger partial charge in [0.15, 0.2) is 0 Å². The quantitative estimate of drug-likeness (QED) is 0.808. The summed E-state index contributed by atoms with van der Waals surface area (Å²) in [6.45, 7) is 2.86. The zero-order chi connectivity index (χ0) is 15.9. The molecule has 0 saturated carbocycles. The van der Waals surface area contributed by atoms with Crippen LogP contribution in [0.5, 0.6) is 0 Å². The lowest BCUT2D eigenvalue weighted by molar-refractivity contribution is -0.144. The van der Waals surface area contributed by atoms with E-state index in [4.69, 9.17) is 4.74 Å². The Morgan fingerprint density at radius 1 is 1.41 bits per heavy atom. The number of allylic oxidation sites excluding steroid dienone is 1. The van der Waals surface area contributed by atoms with E-state index in [1.807, 2.05) is 4.90 Å².